The first kappa shape index (κ1) is 24.1. The minimum Gasteiger partial charge on any atom is -0.497 e. The van der Waals surface area contributed by atoms with E-state index in [1.165, 1.54) is 12.8 Å². The van der Waals surface area contributed by atoms with E-state index in [1.54, 1.807) is 43.6 Å². The summed E-state index contributed by atoms with van der Waals surface area (Å²) >= 11 is 0. The van der Waals surface area contributed by atoms with Crippen LogP contribution in [0.15, 0.2) is 41.0 Å². The lowest BCUT2D eigenvalue weighted by atomic mass is 9.94. The zero-order chi connectivity index (χ0) is 24.1. The number of carbonyl (C=O) groups excluding carboxylic acids is 2. The molecule has 1 saturated carbocycles. The Hall–Kier alpha value is -3.00. The highest BCUT2D eigenvalue weighted by Gasteiger charge is 2.39. The Morgan fingerprint density at radius 1 is 1.09 bits per heavy atom. The highest BCUT2D eigenvalue weighted by molar-refractivity contribution is 5.97. The van der Waals surface area contributed by atoms with Crippen molar-refractivity contribution < 1.29 is 23.5 Å². The number of nitrogens with zero attached hydrogens (tertiary/aromatic N) is 3. The maximum absolute atomic E-state index is 13.6. The number of likely N-dealkylation sites (N-methyl/N-ethyl adjacent to an activating group) is 1. The molecule has 2 fully saturated rings. The average molecular weight is 470 g/mol. The maximum atomic E-state index is 13.6. The van der Waals surface area contributed by atoms with E-state index < -0.39 is 0 Å². The molecule has 2 amide bonds. The molecule has 184 valence electrons. The number of carbonyl (C=O) groups is 2. The molecule has 0 radical (unpaired) electrons. The Labute approximate surface area is 201 Å². The van der Waals surface area contributed by atoms with Crippen LogP contribution in [0.2, 0.25) is 0 Å². The highest BCUT2D eigenvalue weighted by atomic mass is 16.5. The van der Waals surface area contributed by atoms with E-state index >= 15 is 0 Å². The summed E-state index contributed by atoms with van der Waals surface area (Å²) in [6.45, 7) is 2.96. The Bertz CT molecular complexity index is 963. The molecular formula is C26H35N3O5. The number of hydrogen-bond donors (Lipinski definition) is 0. The molecule has 0 N–H and O–H groups in total. The fourth-order valence-corrected chi connectivity index (χ4v) is 5.22. The first-order chi connectivity index (χ1) is 16.5. The first-order valence-corrected chi connectivity index (χ1v) is 12.0. The zero-order valence-electron chi connectivity index (χ0n) is 20.4. The normalized spacial score (nSPS) is 18.0. The summed E-state index contributed by atoms with van der Waals surface area (Å²) < 4.78 is 16.1. The van der Waals surface area contributed by atoms with Crippen LogP contribution < -0.4 is 9.47 Å². The van der Waals surface area contributed by atoms with Gasteiger partial charge in [-0.3, -0.25) is 14.5 Å². The fraction of sp³-hybridized carbons (Fsp3) is 0.538. The molecule has 1 aliphatic carbocycles. The van der Waals surface area contributed by atoms with Crippen LogP contribution in [0.25, 0.3) is 0 Å². The number of piperazine rings is 1. The molecule has 1 saturated heterocycles. The van der Waals surface area contributed by atoms with Crippen LogP contribution in [0.4, 0.5) is 0 Å². The second-order valence-electron chi connectivity index (χ2n) is 9.16. The molecule has 8 heteroatoms. The van der Waals surface area contributed by atoms with Gasteiger partial charge in [-0.15, -0.1) is 0 Å². The number of methoxy groups -OCH3 is 2. The zero-order valence-corrected chi connectivity index (χ0v) is 20.4. The van der Waals surface area contributed by atoms with Gasteiger partial charge < -0.3 is 23.7 Å². The molecular weight excluding hydrogens is 434 g/mol. The molecule has 34 heavy (non-hydrogen) atoms. The lowest BCUT2D eigenvalue weighted by molar-refractivity contribution is -0.139. The van der Waals surface area contributed by atoms with Crippen LogP contribution in [-0.2, 0) is 11.3 Å². The Kier molecular flexibility index (Phi) is 7.77. The second kappa shape index (κ2) is 11.0. The van der Waals surface area contributed by atoms with Crippen molar-refractivity contribution in [2.75, 3.05) is 47.4 Å². The minimum atomic E-state index is -0.157. The van der Waals surface area contributed by atoms with E-state index in [0.717, 1.165) is 18.6 Å². The fourth-order valence-electron chi connectivity index (χ4n) is 5.22. The molecule has 4 rings (SSSR count). The summed E-state index contributed by atoms with van der Waals surface area (Å²) in [5.74, 6) is 2.37. The van der Waals surface area contributed by atoms with Gasteiger partial charge in [0.2, 0.25) is 5.91 Å². The molecule has 2 aliphatic rings. The van der Waals surface area contributed by atoms with Gasteiger partial charge in [0, 0.05) is 39.3 Å². The van der Waals surface area contributed by atoms with Gasteiger partial charge in [-0.05, 0) is 43.0 Å². The van der Waals surface area contributed by atoms with Gasteiger partial charge in [0.25, 0.3) is 5.91 Å². The highest BCUT2D eigenvalue weighted by Crippen LogP contribution is 2.32. The molecule has 0 spiro atoms. The van der Waals surface area contributed by atoms with Gasteiger partial charge in [0.15, 0.2) is 0 Å². The van der Waals surface area contributed by atoms with Crippen molar-refractivity contribution in [3.05, 3.63) is 47.9 Å². The molecule has 1 aromatic heterocycles. The average Bonchev–Trinajstić information content (AvgIpc) is 3.58. The van der Waals surface area contributed by atoms with Crippen molar-refractivity contribution in [1.82, 2.24) is 14.7 Å². The number of ether oxygens (including phenoxy) is 2. The quantitative estimate of drug-likeness (QED) is 0.591. The lowest BCUT2D eigenvalue weighted by Gasteiger charge is -2.42. The predicted octanol–water partition coefficient (Wildman–Crippen LogP) is 3.27. The van der Waals surface area contributed by atoms with Crippen LogP contribution in [-0.4, -0.2) is 80.0 Å². The number of hydrogen-bond acceptors (Lipinski definition) is 6. The summed E-state index contributed by atoms with van der Waals surface area (Å²) in [5.41, 5.74) is 0.526. The van der Waals surface area contributed by atoms with Gasteiger partial charge in [0.1, 0.15) is 17.3 Å². The molecule has 1 aromatic carbocycles. The summed E-state index contributed by atoms with van der Waals surface area (Å²) in [6.07, 6.45) is 6.13. The van der Waals surface area contributed by atoms with Gasteiger partial charge in [-0.25, -0.2) is 0 Å². The monoisotopic (exact) mass is 469 g/mol. The molecule has 1 atom stereocenters. The third kappa shape index (κ3) is 5.22. The maximum Gasteiger partial charge on any atom is 0.257 e. The Balaban J connectivity index is 1.43. The minimum absolute atomic E-state index is 0.0576. The summed E-state index contributed by atoms with van der Waals surface area (Å²) in [6, 6.07) is 8.83. The van der Waals surface area contributed by atoms with Crippen LogP contribution in [0.1, 0.15) is 41.8 Å². The SMILES string of the molecule is COc1ccc(C(=O)N2CCN(C(C(=O)N(C)Cc3ccco3)C3CCCC3)CC2)c(OC)c1. The van der Waals surface area contributed by atoms with Crippen LogP contribution in [0, 0.1) is 5.92 Å². The number of amides is 2. The van der Waals surface area contributed by atoms with E-state index in [1.807, 2.05) is 24.1 Å². The van der Waals surface area contributed by atoms with E-state index in [-0.39, 0.29) is 17.9 Å². The number of benzene rings is 1. The van der Waals surface area contributed by atoms with E-state index in [9.17, 15) is 9.59 Å². The van der Waals surface area contributed by atoms with E-state index in [4.69, 9.17) is 13.9 Å². The number of furan rings is 1. The number of rotatable bonds is 8. The lowest BCUT2D eigenvalue weighted by Crippen LogP contribution is -2.58. The van der Waals surface area contributed by atoms with E-state index in [2.05, 4.69) is 4.90 Å². The molecule has 2 aromatic rings. The van der Waals surface area contributed by atoms with Crippen molar-refractivity contribution in [2.45, 2.75) is 38.3 Å². The largest absolute Gasteiger partial charge is 0.497 e. The third-order valence-corrected chi connectivity index (χ3v) is 7.08. The standard InChI is InChI=1S/C26H35N3O5/c1-27(18-21-9-6-16-34-21)26(31)24(19-7-4-5-8-19)28-12-14-29(15-13-28)25(30)22-11-10-20(32-2)17-23(22)33-3/h6,9-11,16-17,19,24H,4-5,7-8,12-15,18H2,1-3H3. The smallest absolute Gasteiger partial charge is 0.257 e. The first-order valence-electron chi connectivity index (χ1n) is 12.0. The van der Waals surface area contributed by atoms with Crippen molar-refractivity contribution in [3.63, 3.8) is 0 Å². The molecule has 1 unspecified atom stereocenters. The summed E-state index contributed by atoms with van der Waals surface area (Å²) in [7, 11) is 4.99. The molecule has 8 nitrogen and oxygen atoms in total. The van der Waals surface area contributed by atoms with Crippen molar-refractivity contribution in [3.8, 4) is 11.5 Å². The Morgan fingerprint density at radius 2 is 1.82 bits per heavy atom. The van der Waals surface area contributed by atoms with Gasteiger partial charge in [-0.2, -0.15) is 0 Å². The predicted molar refractivity (Wildman–Crippen MR) is 128 cm³/mol. The molecule has 0 bridgehead atoms. The summed E-state index contributed by atoms with van der Waals surface area (Å²) in [4.78, 5) is 32.7. The van der Waals surface area contributed by atoms with Gasteiger partial charge in [-0.1, -0.05) is 12.8 Å². The van der Waals surface area contributed by atoms with Crippen LogP contribution >= 0.6 is 0 Å². The third-order valence-electron chi connectivity index (χ3n) is 7.08. The molecule has 2 heterocycles. The van der Waals surface area contributed by atoms with Crippen LogP contribution in [0.3, 0.4) is 0 Å². The Morgan fingerprint density at radius 3 is 2.44 bits per heavy atom. The van der Waals surface area contributed by atoms with Gasteiger partial charge in [0.05, 0.1) is 38.6 Å². The van der Waals surface area contributed by atoms with Crippen LogP contribution in [0.5, 0.6) is 11.5 Å². The topological polar surface area (TPSA) is 75.5 Å². The molecule has 1 aliphatic heterocycles. The van der Waals surface area contributed by atoms with Crippen molar-refractivity contribution in [2.24, 2.45) is 5.92 Å². The van der Waals surface area contributed by atoms with Crippen molar-refractivity contribution >= 4 is 11.8 Å². The van der Waals surface area contributed by atoms with Gasteiger partial charge >= 0.3 is 0 Å². The van der Waals surface area contributed by atoms with Crippen molar-refractivity contribution in [1.29, 1.82) is 0 Å². The van der Waals surface area contributed by atoms with E-state index in [0.29, 0.717) is 55.7 Å². The second-order valence-corrected chi connectivity index (χ2v) is 9.16. The summed E-state index contributed by atoms with van der Waals surface area (Å²) in [5, 5.41) is 0.